The summed E-state index contributed by atoms with van der Waals surface area (Å²) in [6.07, 6.45) is 5.33. The predicted molar refractivity (Wildman–Crippen MR) is 121 cm³/mol. The lowest BCUT2D eigenvalue weighted by atomic mass is 9.87. The fraction of sp³-hybridized carbons (Fsp3) is 0.160. The predicted octanol–water partition coefficient (Wildman–Crippen LogP) is 5.18. The SMILES string of the molecule is CC(C)(C)c1ccc(C(=O)N/C(=C/c2cccnc2)c2nc3ccccc3[nH]2)cc1. The molecule has 0 saturated heterocycles. The highest BCUT2D eigenvalue weighted by molar-refractivity contribution is 6.01. The summed E-state index contributed by atoms with van der Waals surface area (Å²) >= 11 is 0. The molecule has 5 nitrogen and oxygen atoms in total. The minimum atomic E-state index is -0.189. The number of carbonyl (C=O) groups excluding carboxylic acids is 1. The van der Waals surface area contributed by atoms with Gasteiger partial charge < -0.3 is 10.3 Å². The van der Waals surface area contributed by atoms with Gasteiger partial charge in [0.15, 0.2) is 5.82 Å². The molecule has 0 saturated carbocycles. The summed E-state index contributed by atoms with van der Waals surface area (Å²) in [5.74, 6) is 0.408. The molecule has 2 N–H and O–H groups in total. The Hall–Kier alpha value is -3.73. The molecule has 150 valence electrons. The van der Waals surface area contributed by atoms with Crippen molar-refractivity contribution < 1.29 is 4.79 Å². The third kappa shape index (κ3) is 4.30. The Morgan fingerprint density at radius 1 is 1.00 bits per heavy atom. The highest BCUT2D eigenvalue weighted by atomic mass is 16.1. The number of hydrogen-bond donors (Lipinski definition) is 2. The van der Waals surface area contributed by atoms with E-state index in [2.05, 4.69) is 41.0 Å². The second kappa shape index (κ2) is 7.95. The van der Waals surface area contributed by atoms with Crippen LogP contribution in [-0.4, -0.2) is 20.9 Å². The number of aromatic amines is 1. The van der Waals surface area contributed by atoms with Crippen LogP contribution < -0.4 is 5.32 Å². The van der Waals surface area contributed by atoms with E-state index in [9.17, 15) is 4.79 Å². The first-order valence-corrected chi connectivity index (χ1v) is 9.89. The van der Waals surface area contributed by atoms with Gasteiger partial charge in [-0.3, -0.25) is 9.78 Å². The second-order valence-electron chi connectivity index (χ2n) is 8.23. The van der Waals surface area contributed by atoms with Gasteiger partial charge in [0.2, 0.25) is 0 Å². The number of rotatable bonds is 4. The third-order valence-electron chi connectivity index (χ3n) is 4.90. The quantitative estimate of drug-likeness (QED) is 0.499. The first kappa shape index (κ1) is 19.6. The Labute approximate surface area is 175 Å². The van der Waals surface area contributed by atoms with Crippen LogP contribution in [0.3, 0.4) is 0 Å². The van der Waals surface area contributed by atoms with E-state index in [4.69, 9.17) is 0 Å². The zero-order valence-electron chi connectivity index (χ0n) is 17.3. The molecule has 0 spiro atoms. The molecule has 2 aromatic carbocycles. The second-order valence-corrected chi connectivity index (χ2v) is 8.23. The van der Waals surface area contributed by atoms with Crippen LogP contribution in [0, 0.1) is 0 Å². The molecule has 0 radical (unpaired) electrons. The first-order valence-electron chi connectivity index (χ1n) is 9.89. The van der Waals surface area contributed by atoms with Gasteiger partial charge in [-0.15, -0.1) is 0 Å². The summed E-state index contributed by atoms with van der Waals surface area (Å²) in [5, 5.41) is 3.02. The Morgan fingerprint density at radius 2 is 1.77 bits per heavy atom. The van der Waals surface area contributed by atoms with Crippen molar-refractivity contribution in [2.24, 2.45) is 0 Å². The number of para-hydroxylation sites is 2. The molecule has 2 aromatic heterocycles. The minimum absolute atomic E-state index is 0.0364. The largest absolute Gasteiger partial charge is 0.337 e. The van der Waals surface area contributed by atoms with Gasteiger partial charge in [0, 0.05) is 18.0 Å². The third-order valence-corrected chi connectivity index (χ3v) is 4.90. The summed E-state index contributed by atoms with van der Waals surface area (Å²) in [6, 6.07) is 19.3. The van der Waals surface area contributed by atoms with Crippen molar-refractivity contribution in [1.82, 2.24) is 20.3 Å². The lowest BCUT2D eigenvalue weighted by Crippen LogP contribution is -2.23. The first-order chi connectivity index (χ1) is 14.4. The van der Waals surface area contributed by atoms with Gasteiger partial charge in [-0.1, -0.05) is 51.1 Å². The molecule has 0 aliphatic heterocycles. The maximum Gasteiger partial charge on any atom is 0.255 e. The molecule has 4 rings (SSSR count). The molecule has 0 fully saturated rings. The molecule has 30 heavy (non-hydrogen) atoms. The number of hydrogen-bond acceptors (Lipinski definition) is 3. The topological polar surface area (TPSA) is 70.7 Å². The lowest BCUT2D eigenvalue weighted by Gasteiger charge is -2.19. The van der Waals surface area contributed by atoms with Crippen molar-refractivity contribution in [1.29, 1.82) is 0 Å². The van der Waals surface area contributed by atoms with Crippen molar-refractivity contribution in [2.45, 2.75) is 26.2 Å². The number of benzene rings is 2. The highest BCUT2D eigenvalue weighted by Crippen LogP contribution is 2.23. The molecule has 0 bridgehead atoms. The summed E-state index contributed by atoms with van der Waals surface area (Å²) in [5.41, 5.74) is 5.02. The van der Waals surface area contributed by atoms with E-state index in [0.29, 0.717) is 17.1 Å². The van der Waals surface area contributed by atoms with Crippen molar-refractivity contribution in [2.75, 3.05) is 0 Å². The molecular formula is C25H24N4O. The monoisotopic (exact) mass is 396 g/mol. The van der Waals surface area contributed by atoms with Crippen LogP contribution in [0.25, 0.3) is 22.8 Å². The number of nitrogens with zero attached hydrogens (tertiary/aromatic N) is 2. The molecule has 2 heterocycles. The number of fused-ring (bicyclic) bond motifs is 1. The summed E-state index contributed by atoms with van der Waals surface area (Å²) < 4.78 is 0. The van der Waals surface area contributed by atoms with Crippen molar-refractivity contribution in [3.63, 3.8) is 0 Å². The van der Waals surface area contributed by atoms with Crippen LogP contribution in [-0.2, 0) is 5.41 Å². The minimum Gasteiger partial charge on any atom is -0.337 e. The number of nitrogens with one attached hydrogen (secondary N) is 2. The normalized spacial score (nSPS) is 12.2. The van der Waals surface area contributed by atoms with Crippen LogP contribution >= 0.6 is 0 Å². The van der Waals surface area contributed by atoms with Gasteiger partial charge in [-0.05, 0) is 52.9 Å². The van der Waals surface area contributed by atoms with Crippen molar-refractivity contribution in [3.8, 4) is 0 Å². The van der Waals surface area contributed by atoms with Crippen molar-refractivity contribution in [3.05, 3.63) is 95.6 Å². The average molecular weight is 396 g/mol. The Balaban J connectivity index is 1.68. The van der Waals surface area contributed by atoms with Crippen LogP contribution in [0.2, 0.25) is 0 Å². The van der Waals surface area contributed by atoms with E-state index in [1.54, 1.807) is 12.4 Å². The van der Waals surface area contributed by atoms with E-state index >= 15 is 0 Å². The fourth-order valence-corrected chi connectivity index (χ4v) is 3.19. The smallest absolute Gasteiger partial charge is 0.255 e. The molecule has 1 amide bonds. The highest BCUT2D eigenvalue weighted by Gasteiger charge is 2.16. The van der Waals surface area contributed by atoms with Crippen molar-refractivity contribution >= 4 is 28.7 Å². The number of carbonyl (C=O) groups is 1. The maximum atomic E-state index is 13.0. The van der Waals surface area contributed by atoms with Gasteiger partial charge in [0.1, 0.15) is 0 Å². The maximum absolute atomic E-state index is 13.0. The number of amides is 1. The van der Waals surface area contributed by atoms with Crippen LogP contribution in [0.15, 0.2) is 73.1 Å². The Kier molecular flexibility index (Phi) is 5.19. The van der Waals surface area contributed by atoms with Gasteiger partial charge in [-0.2, -0.15) is 0 Å². The summed E-state index contributed by atoms with van der Waals surface area (Å²) in [6.45, 7) is 6.45. The molecule has 0 aliphatic rings. The molecule has 0 aliphatic carbocycles. The molecule has 4 aromatic rings. The number of pyridine rings is 1. The molecular weight excluding hydrogens is 372 g/mol. The van der Waals surface area contributed by atoms with Gasteiger partial charge in [-0.25, -0.2) is 4.98 Å². The standard InChI is InChI=1S/C25H24N4O/c1-25(2,3)19-12-10-18(11-13-19)24(30)29-22(15-17-7-6-14-26-16-17)23-27-20-8-4-5-9-21(20)28-23/h4-16H,1-3H3,(H,27,28)(H,29,30)/b22-15+. The molecule has 5 heteroatoms. The van der Waals surface area contributed by atoms with Crippen LogP contribution in [0.5, 0.6) is 0 Å². The van der Waals surface area contributed by atoms with E-state index in [1.807, 2.05) is 66.7 Å². The fourth-order valence-electron chi connectivity index (χ4n) is 3.19. The van der Waals surface area contributed by atoms with Crippen LogP contribution in [0.1, 0.15) is 48.1 Å². The number of imidazole rings is 1. The van der Waals surface area contributed by atoms with Gasteiger partial charge in [0.25, 0.3) is 5.91 Å². The van der Waals surface area contributed by atoms with E-state index in [1.165, 1.54) is 5.56 Å². The molecule has 0 atom stereocenters. The van der Waals surface area contributed by atoms with Gasteiger partial charge in [0.05, 0.1) is 16.7 Å². The summed E-state index contributed by atoms with van der Waals surface area (Å²) in [7, 11) is 0. The van der Waals surface area contributed by atoms with E-state index in [-0.39, 0.29) is 11.3 Å². The molecule has 0 unspecified atom stereocenters. The van der Waals surface area contributed by atoms with E-state index < -0.39 is 0 Å². The van der Waals surface area contributed by atoms with Crippen LogP contribution in [0.4, 0.5) is 0 Å². The summed E-state index contributed by atoms with van der Waals surface area (Å²) in [4.78, 5) is 25.1. The Bertz CT molecular complexity index is 1170. The van der Waals surface area contributed by atoms with E-state index in [0.717, 1.165) is 16.6 Å². The number of aromatic nitrogens is 3. The number of H-pyrrole nitrogens is 1. The lowest BCUT2D eigenvalue weighted by molar-refractivity contribution is 0.0973. The zero-order chi connectivity index (χ0) is 21.1. The Morgan fingerprint density at radius 3 is 2.43 bits per heavy atom. The average Bonchev–Trinajstić information content (AvgIpc) is 3.18. The zero-order valence-corrected chi connectivity index (χ0v) is 17.3. The van der Waals surface area contributed by atoms with Gasteiger partial charge >= 0.3 is 0 Å².